The number of carbonyl (C=O) groups is 3. The maximum atomic E-state index is 12.8. The molecule has 11 nitrogen and oxygen atoms in total. The van der Waals surface area contributed by atoms with Crippen LogP contribution in [0.2, 0.25) is 0 Å². The van der Waals surface area contributed by atoms with Gasteiger partial charge in [-0.3, -0.25) is 4.79 Å². The summed E-state index contributed by atoms with van der Waals surface area (Å²) < 4.78 is 7.08. The Labute approximate surface area is 213 Å². The fourth-order valence-corrected chi connectivity index (χ4v) is 6.93. The number of imidazole rings is 1. The molecule has 2 N–H and O–H groups in total. The Kier molecular flexibility index (Phi) is 7.42. The third-order valence-electron chi connectivity index (χ3n) is 7.01. The predicted octanol–water partition coefficient (Wildman–Crippen LogP) is 1.80. The van der Waals surface area contributed by atoms with Gasteiger partial charge in [-0.25, -0.2) is 14.6 Å². The first-order valence-corrected chi connectivity index (χ1v) is 12.7. The maximum absolute atomic E-state index is 12.8. The standard InChI is InChI=1S/C24H29N5O6S/c1-4-7-35-24(34)28-11-17(8-16(28)5-6-27-10-15(9-25)26-12-27)36-21-13(2)19-18(14(3)30)22(31)29(19)20(21)23(32)33/h4,10,12-14,16-19,30H,1,5-8,11H2,2-3H3,(H,32,33)/t13-,14-,16+,17+,18-,19-/m1/s1. The van der Waals surface area contributed by atoms with Gasteiger partial charge in [-0.2, -0.15) is 5.26 Å². The molecule has 0 spiro atoms. The minimum atomic E-state index is -1.17. The molecular formula is C24H29N5O6S. The number of hydrogen-bond acceptors (Lipinski definition) is 8. The van der Waals surface area contributed by atoms with Crippen molar-refractivity contribution < 1.29 is 29.3 Å². The fraction of sp³-hybridized carbons (Fsp3) is 0.542. The molecular weight excluding hydrogens is 486 g/mol. The molecule has 12 heteroatoms. The number of aliphatic hydroxyl groups is 1. The van der Waals surface area contributed by atoms with E-state index < -0.39 is 24.1 Å². The number of aromatic nitrogens is 2. The number of likely N-dealkylation sites (tertiary alicyclic amines) is 1. The number of thioether (sulfide) groups is 1. The second-order valence-corrected chi connectivity index (χ2v) is 10.7. The molecule has 4 heterocycles. The van der Waals surface area contributed by atoms with Gasteiger partial charge in [0, 0.05) is 41.4 Å². The number of amides is 2. The van der Waals surface area contributed by atoms with E-state index in [9.17, 15) is 24.6 Å². The zero-order valence-corrected chi connectivity index (χ0v) is 20.9. The molecule has 2 fully saturated rings. The molecule has 0 radical (unpaired) electrons. The quantitative estimate of drug-likeness (QED) is 0.371. The van der Waals surface area contributed by atoms with Crippen LogP contribution in [0.1, 0.15) is 32.4 Å². The van der Waals surface area contributed by atoms with Gasteiger partial charge in [0.1, 0.15) is 18.4 Å². The molecule has 1 aromatic rings. The van der Waals surface area contributed by atoms with Gasteiger partial charge in [0.15, 0.2) is 5.69 Å². The molecule has 6 atom stereocenters. The number of fused-ring (bicyclic) bond motifs is 1. The number of carboxylic acids is 1. The van der Waals surface area contributed by atoms with Crippen molar-refractivity contribution in [2.45, 2.75) is 56.7 Å². The molecule has 36 heavy (non-hydrogen) atoms. The zero-order chi connectivity index (χ0) is 26.1. The first kappa shape index (κ1) is 25.8. The van der Waals surface area contributed by atoms with Crippen LogP contribution < -0.4 is 0 Å². The molecule has 2 saturated heterocycles. The van der Waals surface area contributed by atoms with Gasteiger partial charge in [0.2, 0.25) is 5.91 Å². The smallest absolute Gasteiger partial charge is 0.410 e. The molecule has 0 aromatic carbocycles. The van der Waals surface area contributed by atoms with Gasteiger partial charge in [-0.1, -0.05) is 19.6 Å². The zero-order valence-electron chi connectivity index (χ0n) is 20.1. The Morgan fingerprint density at radius 3 is 2.83 bits per heavy atom. The third-order valence-corrected chi connectivity index (χ3v) is 8.50. The van der Waals surface area contributed by atoms with E-state index in [-0.39, 0.29) is 41.5 Å². The second-order valence-electron chi connectivity index (χ2n) is 9.32. The summed E-state index contributed by atoms with van der Waals surface area (Å²) >= 11 is 1.39. The monoisotopic (exact) mass is 515 g/mol. The Morgan fingerprint density at radius 2 is 2.22 bits per heavy atom. The van der Waals surface area contributed by atoms with Crippen molar-refractivity contribution in [3.8, 4) is 6.07 Å². The normalized spacial score (nSPS) is 27.9. The molecule has 3 aliphatic rings. The largest absolute Gasteiger partial charge is 0.477 e. The number of nitrogens with zero attached hydrogens (tertiary/aromatic N) is 5. The third kappa shape index (κ3) is 4.60. The lowest BCUT2D eigenvalue weighted by Gasteiger charge is -2.46. The molecule has 0 unspecified atom stereocenters. The molecule has 0 saturated carbocycles. The minimum absolute atomic E-state index is 0.0221. The van der Waals surface area contributed by atoms with E-state index in [1.807, 2.05) is 13.0 Å². The molecule has 0 bridgehead atoms. The number of aryl methyl sites for hydroxylation is 1. The van der Waals surface area contributed by atoms with Gasteiger partial charge in [0.05, 0.1) is 24.4 Å². The van der Waals surface area contributed by atoms with Crippen molar-refractivity contribution >= 4 is 29.7 Å². The van der Waals surface area contributed by atoms with Crippen LogP contribution in [0.3, 0.4) is 0 Å². The van der Waals surface area contributed by atoms with E-state index in [0.29, 0.717) is 36.5 Å². The number of carbonyl (C=O) groups excluding carboxylic acids is 2. The van der Waals surface area contributed by atoms with Crippen LogP contribution in [0.25, 0.3) is 0 Å². The number of ether oxygens (including phenoxy) is 1. The van der Waals surface area contributed by atoms with Crippen LogP contribution >= 0.6 is 11.8 Å². The van der Waals surface area contributed by atoms with Crippen LogP contribution in [0.5, 0.6) is 0 Å². The highest BCUT2D eigenvalue weighted by Gasteiger charge is 2.60. The van der Waals surface area contributed by atoms with Crippen molar-refractivity contribution in [1.82, 2.24) is 19.4 Å². The summed E-state index contributed by atoms with van der Waals surface area (Å²) in [6.07, 6.45) is 4.58. The van der Waals surface area contributed by atoms with Crippen molar-refractivity contribution in [3.63, 3.8) is 0 Å². The van der Waals surface area contributed by atoms with Crippen LogP contribution in [-0.4, -0.2) is 84.1 Å². The summed E-state index contributed by atoms with van der Waals surface area (Å²) in [6.45, 7) is 7.99. The molecule has 192 valence electrons. The van der Waals surface area contributed by atoms with Crippen molar-refractivity contribution in [2.75, 3.05) is 13.2 Å². The summed E-state index contributed by atoms with van der Waals surface area (Å²) in [7, 11) is 0. The highest BCUT2D eigenvalue weighted by atomic mass is 32.2. The number of carboxylic acid groups (broad SMARTS) is 1. The van der Waals surface area contributed by atoms with Gasteiger partial charge in [0.25, 0.3) is 0 Å². The van der Waals surface area contributed by atoms with Crippen LogP contribution in [0, 0.1) is 23.2 Å². The Hall–Kier alpha value is -3.30. The number of β-lactam (4-membered cyclic amide) rings is 1. The van der Waals surface area contributed by atoms with Crippen molar-refractivity contribution in [2.24, 2.45) is 11.8 Å². The van der Waals surface area contributed by atoms with Gasteiger partial charge in [-0.05, 0) is 19.8 Å². The van der Waals surface area contributed by atoms with Crippen molar-refractivity contribution in [1.29, 1.82) is 5.26 Å². The molecule has 4 rings (SSSR count). The molecule has 1 aromatic heterocycles. The molecule has 3 aliphatic heterocycles. The highest BCUT2D eigenvalue weighted by molar-refractivity contribution is 8.03. The van der Waals surface area contributed by atoms with Crippen LogP contribution in [0.15, 0.2) is 35.8 Å². The summed E-state index contributed by atoms with van der Waals surface area (Å²) in [5.74, 6) is -2.41. The van der Waals surface area contributed by atoms with E-state index in [4.69, 9.17) is 10.00 Å². The molecule has 0 aliphatic carbocycles. The maximum Gasteiger partial charge on any atom is 0.410 e. The number of rotatable bonds is 9. The summed E-state index contributed by atoms with van der Waals surface area (Å²) in [6, 6.07) is 1.44. The number of aliphatic carboxylic acids is 1. The first-order valence-electron chi connectivity index (χ1n) is 11.8. The molecule has 2 amide bonds. The van der Waals surface area contributed by atoms with E-state index >= 15 is 0 Å². The lowest BCUT2D eigenvalue weighted by molar-refractivity contribution is -0.163. The summed E-state index contributed by atoms with van der Waals surface area (Å²) in [5, 5.41) is 28.9. The van der Waals surface area contributed by atoms with Crippen molar-refractivity contribution in [3.05, 3.63) is 41.5 Å². The number of aliphatic hydroxyl groups excluding tert-OH is 1. The topological polar surface area (TPSA) is 149 Å². The average Bonchev–Trinajstić information content (AvgIpc) is 3.52. The second kappa shape index (κ2) is 10.4. The fourth-order valence-electron chi connectivity index (χ4n) is 5.37. The van der Waals surface area contributed by atoms with E-state index in [0.717, 1.165) is 0 Å². The van der Waals surface area contributed by atoms with Gasteiger partial charge >= 0.3 is 12.1 Å². The van der Waals surface area contributed by atoms with E-state index in [1.54, 1.807) is 28.9 Å². The van der Waals surface area contributed by atoms with Crippen LogP contribution in [0.4, 0.5) is 4.79 Å². The number of hydrogen-bond donors (Lipinski definition) is 2. The highest BCUT2D eigenvalue weighted by Crippen LogP contribution is 2.52. The Morgan fingerprint density at radius 1 is 1.47 bits per heavy atom. The first-order chi connectivity index (χ1) is 17.2. The van der Waals surface area contributed by atoms with Gasteiger partial charge in [-0.15, -0.1) is 11.8 Å². The summed E-state index contributed by atoms with van der Waals surface area (Å²) in [5.41, 5.74) is 0.293. The van der Waals surface area contributed by atoms with E-state index in [1.165, 1.54) is 22.7 Å². The SMILES string of the molecule is C=CCOC(=O)N1C[C@@H](SC2=C(C(=O)O)N3C(=O)[C@H]([C@@H](C)O)[C@H]3[C@H]2C)C[C@@H]1CCn1cnc(C#N)c1. The lowest BCUT2D eigenvalue weighted by Crippen LogP contribution is -2.63. The summed E-state index contributed by atoms with van der Waals surface area (Å²) in [4.78, 5) is 45.1. The minimum Gasteiger partial charge on any atom is -0.477 e. The van der Waals surface area contributed by atoms with Crippen LogP contribution in [-0.2, 0) is 20.9 Å². The Bertz CT molecular complexity index is 1140. The lowest BCUT2D eigenvalue weighted by atomic mass is 9.79. The average molecular weight is 516 g/mol. The van der Waals surface area contributed by atoms with Gasteiger partial charge < -0.3 is 29.3 Å². The number of nitriles is 1. The van der Waals surface area contributed by atoms with E-state index in [2.05, 4.69) is 11.6 Å². The Balaban J connectivity index is 1.51. The predicted molar refractivity (Wildman–Crippen MR) is 129 cm³/mol.